The molecule has 1 N–H and O–H groups in total. The quantitative estimate of drug-likeness (QED) is 0.845. The molecule has 18 heavy (non-hydrogen) atoms. The smallest absolute Gasteiger partial charge is 0.346 e. The molecule has 0 fully saturated rings. The van der Waals surface area contributed by atoms with Crippen molar-refractivity contribution >= 4 is 17.2 Å². The highest BCUT2D eigenvalue weighted by atomic mass is 32.1. The molecule has 100 valence electrons. The number of hydrogen-bond acceptors (Lipinski definition) is 2. The van der Waals surface area contributed by atoms with Crippen molar-refractivity contribution in [1.29, 1.82) is 0 Å². The molecule has 2 nitrogen and oxygen atoms in total. The summed E-state index contributed by atoms with van der Waals surface area (Å²) in [4.78, 5) is 12.8. The Kier molecular flexibility index (Phi) is 3.61. The van der Waals surface area contributed by atoms with Crippen LogP contribution in [-0.4, -0.2) is 18.3 Å². The largest absolute Gasteiger partial charge is 0.383 e. The minimum Gasteiger partial charge on any atom is -0.346 e. The van der Waals surface area contributed by atoms with Crippen LogP contribution in [0, 0.1) is 0 Å². The summed E-state index contributed by atoms with van der Waals surface area (Å²) < 4.78 is 49.1. The van der Waals surface area contributed by atoms with Crippen LogP contribution in [0.25, 0.3) is 0 Å². The predicted molar refractivity (Wildman–Crippen MR) is 59.1 cm³/mol. The van der Waals surface area contributed by atoms with Gasteiger partial charge in [-0.05, 0) is 30.9 Å². The Morgan fingerprint density at radius 3 is 2.78 bits per heavy atom. The number of nitrogens with one attached hydrogen (secondary N) is 1. The number of amides is 1. The molecular weight excluding hydrogens is 270 g/mol. The summed E-state index contributed by atoms with van der Waals surface area (Å²) in [5.41, 5.74) is 1.17. The van der Waals surface area contributed by atoms with Gasteiger partial charge in [0, 0.05) is 9.75 Å². The Balaban J connectivity index is 1.93. The number of thiophene rings is 1. The fraction of sp³-hybridized carbons (Fsp3) is 0.545. The van der Waals surface area contributed by atoms with E-state index in [2.05, 4.69) is 0 Å². The van der Waals surface area contributed by atoms with Gasteiger partial charge in [0.2, 0.25) is 0 Å². The van der Waals surface area contributed by atoms with Crippen LogP contribution in [0.4, 0.5) is 17.6 Å². The van der Waals surface area contributed by atoms with Crippen LogP contribution >= 0.6 is 11.3 Å². The van der Waals surface area contributed by atoms with Crippen molar-refractivity contribution in [3.05, 3.63) is 21.4 Å². The molecule has 0 saturated heterocycles. The van der Waals surface area contributed by atoms with Gasteiger partial charge in [-0.1, -0.05) is 0 Å². The van der Waals surface area contributed by atoms with Gasteiger partial charge in [0.1, 0.15) is 0 Å². The summed E-state index contributed by atoms with van der Waals surface area (Å²) >= 11 is 1.44. The van der Waals surface area contributed by atoms with E-state index in [9.17, 15) is 22.4 Å². The first-order valence-electron chi connectivity index (χ1n) is 5.46. The van der Waals surface area contributed by atoms with E-state index in [1.165, 1.54) is 21.8 Å². The average Bonchev–Trinajstić information content (AvgIpc) is 2.85. The summed E-state index contributed by atoms with van der Waals surface area (Å²) in [5, 5.41) is 1.85. The van der Waals surface area contributed by atoms with Gasteiger partial charge in [-0.3, -0.25) is 4.79 Å². The molecule has 2 rings (SSSR count). The van der Waals surface area contributed by atoms with Crippen LogP contribution in [0.2, 0.25) is 0 Å². The summed E-state index contributed by atoms with van der Waals surface area (Å²) in [6.45, 7) is -0.126. The van der Waals surface area contributed by atoms with E-state index in [-0.39, 0.29) is 6.54 Å². The number of rotatable bonds is 4. The third-order valence-electron chi connectivity index (χ3n) is 2.80. The molecule has 0 saturated carbocycles. The molecule has 0 aromatic carbocycles. The summed E-state index contributed by atoms with van der Waals surface area (Å²) in [6, 6.07) is 1.84. The molecule has 1 heterocycles. The second-order valence-corrected chi connectivity index (χ2v) is 5.34. The highest BCUT2D eigenvalue weighted by Crippen LogP contribution is 2.30. The predicted octanol–water partition coefficient (Wildman–Crippen LogP) is 2.75. The maximum absolute atomic E-state index is 12.6. The van der Waals surface area contributed by atoms with Gasteiger partial charge in [0.15, 0.2) is 0 Å². The number of hydrogen-bond donors (Lipinski definition) is 1. The van der Waals surface area contributed by atoms with Crippen LogP contribution in [0.1, 0.15) is 21.7 Å². The van der Waals surface area contributed by atoms with Gasteiger partial charge in [-0.2, -0.15) is 8.78 Å². The van der Waals surface area contributed by atoms with Crippen molar-refractivity contribution < 1.29 is 22.4 Å². The molecule has 0 atom stereocenters. The SMILES string of the molecule is O=C(NCc1cc2c(s1)CCC2)C(F)(F)C(F)F. The Morgan fingerprint density at radius 1 is 1.44 bits per heavy atom. The lowest BCUT2D eigenvalue weighted by atomic mass is 10.2. The number of aryl methyl sites for hydroxylation is 2. The third kappa shape index (κ3) is 2.50. The van der Waals surface area contributed by atoms with Crippen molar-refractivity contribution in [3.63, 3.8) is 0 Å². The Labute approximate surface area is 105 Å². The normalized spacial score (nSPS) is 14.9. The van der Waals surface area contributed by atoms with Crippen molar-refractivity contribution in [2.45, 2.75) is 38.2 Å². The maximum Gasteiger partial charge on any atom is 0.383 e. The van der Waals surface area contributed by atoms with E-state index in [4.69, 9.17) is 0 Å². The van der Waals surface area contributed by atoms with Crippen molar-refractivity contribution in [3.8, 4) is 0 Å². The molecule has 1 aliphatic rings. The van der Waals surface area contributed by atoms with Crippen LogP contribution in [0.3, 0.4) is 0 Å². The number of fused-ring (bicyclic) bond motifs is 1. The standard InChI is InChI=1S/C11H11F4NOS/c12-9(13)11(14,15)10(17)16-5-7-4-6-2-1-3-8(6)18-7/h4,9H,1-3,5H2,(H,16,17). The molecule has 1 aliphatic carbocycles. The topological polar surface area (TPSA) is 29.1 Å². The highest BCUT2D eigenvalue weighted by molar-refractivity contribution is 7.12. The van der Waals surface area contributed by atoms with E-state index in [1.807, 2.05) is 11.4 Å². The van der Waals surface area contributed by atoms with Gasteiger partial charge >= 0.3 is 12.3 Å². The fourth-order valence-corrected chi connectivity index (χ4v) is 3.06. The van der Waals surface area contributed by atoms with Crippen LogP contribution < -0.4 is 5.32 Å². The van der Waals surface area contributed by atoms with Crippen molar-refractivity contribution in [2.75, 3.05) is 0 Å². The molecule has 7 heteroatoms. The highest BCUT2D eigenvalue weighted by Gasteiger charge is 2.48. The van der Waals surface area contributed by atoms with Gasteiger partial charge in [0.05, 0.1) is 6.54 Å². The molecule has 1 amide bonds. The maximum atomic E-state index is 12.6. The summed E-state index contributed by atoms with van der Waals surface area (Å²) in [6.07, 6.45) is -0.989. The molecule has 1 aromatic heterocycles. The molecule has 0 bridgehead atoms. The average molecular weight is 281 g/mol. The first-order chi connectivity index (χ1) is 8.41. The first-order valence-corrected chi connectivity index (χ1v) is 6.27. The number of carbonyl (C=O) groups excluding carboxylic acids is 1. The lowest BCUT2D eigenvalue weighted by Gasteiger charge is -2.14. The monoisotopic (exact) mass is 281 g/mol. The van der Waals surface area contributed by atoms with Crippen LogP contribution in [-0.2, 0) is 24.2 Å². The molecule has 0 unspecified atom stereocenters. The van der Waals surface area contributed by atoms with Gasteiger partial charge in [-0.15, -0.1) is 11.3 Å². The Morgan fingerprint density at radius 2 is 2.17 bits per heavy atom. The molecule has 0 spiro atoms. The first kappa shape index (κ1) is 13.3. The van der Waals surface area contributed by atoms with E-state index < -0.39 is 18.3 Å². The third-order valence-corrected chi connectivity index (χ3v) is 4.03. The van der Waals surface area contributed by atoms with Gasteiger partial charge in [-0.25, -0.2) is 8.78 Å². The van der Waals surface area contributed by atoms with Crippen molar-refractivity contribution in [1.82, 2.24) is 5.32 Å². The Hall–Kier alpha value is -1.11. The zero-order valence-electron chi connectivity index (χ0n) is 9.31. The fourth-order valence-electron chi connectivity index (χ4n) is 1.86. The second-order valence-electron chi connectivity index (χ2n) is 4.12. The zero-order chi connectivity index (χ0) is 13.3. The van der Waals surface area contributed by atoms with Gasteiger partial charge < -0.3 is 5.32 Å². The van der Waals surface area contributed by atoms with Crippen LogP contribution in [0.5, 0.6) is 0 Å². The van der Waals surface area contributed by atoms with Crippen molar-refractivity contribution in [2.24, 2.45) is 0 Å². The number of alkyl halides is 4. The molecule has 1 aromatic rings. The molecular formula is C11H11F4NOS. The lowest BCUT2D eigenvalue weighted by Crippen LogP contribution is -2.44. The molecule has 0 radical (unpaired) electrons. The van der Waals surface area contributed by atoms with E-state index in [0.29, 0.717) is 0 Å². The lowest BCUT2D eigenvalue weighted by molar-refractivity contribution is -0.169. The van der Waals surface area contributed by atoms with E-state index in [1.54, 1.807) is 0 Å². The zero-order valence-corrected chi connectivity index (χ0v) is 10.1. The summed E-state index contributed by atoms with van der Waals surface area (Å²) in [7, 11) is 0. The minimum atomic E-state index is -4.63. The van der Waals surface area contributed by atoms with Gasteiger partial charge in [0.25, 0.3) is 5.91 Å². The van der Waals surface area contributed by atoms with E-state index in [0.717, 1.165) is 24.1 Å². The van der Waals surface area contributed by atoms with E-state index >= 15 is 0 Å². The Bertz CT molecular complexity index is 436. The minimum absolute atomic E-state index is 0.126. The molecule has 0 aliphatic heterocycles. The number of halogens is 4. The second kappa shape index (κ2) is 4.87. The number of carbonyl (C=O) groups is 1. The summed E-state index contributed by atoms with van der Waals surface area (Å²) in [5.74, 6) is -6.55. The van der Waals surface area contributed by atoms with Crippen LogP contribution in [0.15, 0.2) is 6.07 Å².